The summed E-state index contributed by atoms with van der Waals surface area (Å²) in [6, 6.07) is 17.7. The number of rotatable bonds is 4. The van der Waals surface area contributed by atoms with Crippen LogP contribution in [0.15, 0.2) is 54.6 Å². The van der Waals surface area contributed by atoms with Crippen LogP contribution in [-0.2, 0) is 0 Å². The van der Waals surface area contributed by atoms with Crippen molar-refractivity contribution in [2.24, 2.45) is 23.2 Å². The Hall–Kier alpha value is -2.39. The second kappa shape index (κ2) is 7.59. The highest BCUT2D eigenvalue weighted by Gasteiger charge is 2.53. The number of carbonyl (C=O) groups excluding carboxylic acids is 1. The third-order valence-electron chi connectivity index (χ3n) is 8.46. The van der Waals surface area contributed by atoms with Gasteiger partial charge in [0.05, 0.1) is 16.8 Å². The Morgan fingerprint density at radius 2 is 1.62 bits per heavy atom. The van der Waals surface area contributed by atoms with Crippen molar-refractivity contribution in [2.45, 2.75) is 51.5 Å². The van der Waals surface area contributed by atoms with E-state index >= 15 is 0 Å². The molecular weight excluding hydrogens is 416 g/mol. The number of para-hydroxylation sites is 1. The van der Waals surface area contributed by atoms with Crippen LogP contribution in [0.25, 0.3) is 22.2 Å². The van der Waals surface area contributed by atoms with E-state index in [-0.39, 0.29) is 17.4 Å². The summed E-state index contributed by atoms with van der Waals surface area (Å²) < 4.78 is 0. The first-order valence-corrected chi connectivity index (χ1v) is 12.3. The lowest BCUT2D eigenvalue weighted by Gasteiger charge is -2.59. The van der Waals surface area contributed by atoms with Crippen molar-refractivity contribution in [1.82, 2.24) is 10.3 Å². The van der Waals surface area contributed by atoms with E-state index in [1.54, 1.807) is 0 Å². The van der Waals surface area contributed by atoms with E-state index in [0.29, 0.717) is 10.6 Å². The van der Waals surface area contributed by atoms with E-state index in [1.807, 2.05) is 54.6 Å². The zero-order valence-corrected chi connectivity index (χ0v) is 19.2. The maximum absolute atomic E-state index is 13.7. The van der Waals surface area contributed by atoms with Gasteiger partial charge in [-0.25, -0.2) is 4.98 Å². The summed E-state index contributed by atoms with van der Waals surface area (Å²) in [6.45, 7) is 2.24. The summed E-state index contributed by atoms with van der Waals surface area (Å²) in [5, 5.41) is 4.97. The van der Waals surface area contributed by atoms with E-state index in [9.17, 15) is 4.79 Å². The van der Waals surface area contributed by atoms with Crippen LogP contribution in [0.4, 0.5) is 0 Å². The number of hydrogen-bond donors (Lipinski definition) is 1. The van der Waals surface area contributed by atoms with Crippen LogP contribution in [0, 0.1) is 23.2 Å². The molecule has 164 valence electrons. The number of nitrogens with zero attached hydrogens (tertiary/aromatic N) is 1. The van der Waals surface area contributed by atoms with E-state index in [0.717, 1.165) is 39.9 Å². The van der Waals surface area contributed by atoms with Crippen molar-refractivity contribution in [3.8, 4) is 11.3 Å². The van der Waals surface area contributed by atoms with E-state index in [4.69, 9.17) is 16.6 Å². The average molecular weight is 445 g/mol. The molecule has 0 aliphatic heterocycles. The van der Waals surface area contributed by atoms with E-state index in [1.165, 1.54) is 38.5 Å². The Kier molecular flexibility index (Phi) is 4.80. The predicted molar refractivity (Wildman–Crippen MR) is 130 cm³/mol. The fourth-order valence-electron chi connectivity index (χ4n) is 7.31. The third kappa shape index (κ3) is 3.33. The van der Waals surface area contributed by atoms with Crippen molar-refractivity contribution in [1.29, 1.82) is 0 Å². The Morgan fingerprint density at radius 3 is 2.31 bits per heavy atom. The van der Waals surface area contributed by atoms with Crippen molar-refractivity contribution >= 4 is 28.4 Å². The van der Waals surface area contributed by atoms with Crippen LogP contribution in [0.1, 0.15) is 55.8 Å². The molecular formula is C28H29ClN2O. The van der Waals surface area contributed by atoms with Crippen molar-refractivity contribution < 1.29 is 4.79 Å². The van der Waals surface area contributed by atoms with Gasteiger partial charge in [0.15, 0.2) is 0 Å². The van der Waals surface area contributed by atoms with Gasteiger partial charge in [-0.05, 0) is 86.8 Å². The van der Waals surface area contributed by atoms with Gasteiger partial charge >= 0.3 is 0 Å². The van der Waals surface area contributed by atoms with Crippen LogP contribution in [-0.4, -0.2) is 16.9 Å². The number of pyridine rings is 1. The summed E-state index contributed by atoms with van der Waals surface area (Å²) >= 11 is 6.46. The minimum Gasteiger partial charge on any atom is -0.349 e. The number of halogens is 1. The van der Waals surface area contributed by atoms with Gasteiger partial charge in [0.1, 0.15) is 0 Å². The molecule has 32 heavy (non-hydrogen) atoms. The SMILES string of the molecule is CC(NC(=O)c1cc(-c2ccccc2Cl)nc2ccccc12)C12CC3CC(CC(C3)C1)C2. The molecule has 7 rings (SSSR count). The standard InChI is InChI=1S/C28H29ClN2O/c1-17(28-14-18-10-19(15-28)12-20(11-18)16-28)30-27(32)23-13-26(22-7-2-4-8-24(22)29)31-25-9-5-3-6-21(23)25/h2-9,13,17-20H,10-12,14-16H2,1H3,(H,30,32). The highest BCUT2D eigenvalue weighted by molar-refractivity contribution is 6.33. The lowest BCUT2D eigenvalue weighted by atomic mass is 9.48. The highest BCUT2D eigenvalue weighted by Crippen LogP contribution is 2.61. The minimum atomic E-state index is 0.000138. The lowest BCUT2D eigenvalue weighted by Crippen LogP contribution is -2.55. The molecule has 1 N–H and O–H groups in total. The first-order valence-electron chi connectivity index (χ1n) is 12.0. The van der Waals surface area contributed by atoms with Gasteiger partial charge in [-0.1, -0.05) is 48.0 Å². The molecule has 1 aromatic heterocycles. The smallest absolute Gasteiger partial charge is 0.252 e. The van der Waals surface area contributed by atoms with Crippen molar-refractivity contribution in [3.05, 3.63) is 65.2 Å². The van der Waals surface area contributed by atoms with Gasteiger partial charge in [0.2, 0.25) is 0 Å². The molecule has 1 atom stereocenters. The number of fused-ring (bicyclic) bond motifs is 1. The molecule has 3 aromatic rings. The quantitative estimate of drug-likeness (QED) is 0.476. The second-order valence-corrected chi connectivity index (χ2v) is 10.9. The normalized spacial score (nSPS) is 29.2. The fourth-order valence-corrected chi connectivity index (χ4v) is 7.54. The topological polar surface area (TPSA) is 42.0 Å². The minimum absolute atomic E-state index is 0.000138. The molecule has 2 aromatic carbocycles. The maximum Gasteiger partial charge on any atom is 0.252 e. The summed E-state index contributed by atoms with van der Waals surface area (Å²) in [5.41, 5.74) is 3.36. The Balaban J connectivity index is 1.35. The predicted octanol–water partition coefficient (Wildman–Crippen LogP) is 6.89. The van der Waals surface area contributed by atoms with Crippen LogP contribution in [0.5, 0.6) is 0 Å². The number of benzene rings is 2. The molecule has 4 bridgehead atoms. The number of amides is 1. The average Bonchev–Trinajstić information content (AvgIpc) is 2.77. The van der Waals surface area contributed by atoms with E-state index in [2.05, 4.69) is 12.2 Å². The zero-order valence-electron chi connectivity index (χ0n) is 18.5. The summed E-state index contributed by atoms with van der Waals surface area (Å²) in [6.07, 6.45) is 8.08. The monoisotopic (exact) mass is 444 g/mol. The van der Waals surface area contributed by atoms with Crippen LogP contribution >= 0.6 is 11.6 Å². The van der Waals surface area contributed by atoms with Crippen LogP contribution in [0.3, 0.4) is 0 Å². The summed E-state index contributed by atoms with van der Waals surface area (Å²) in [4.78, 5) is 18.5. The van der Waals surface area contributed by atoms with Gasteiger partial charge in [0.25, 0.3) is 5.91 Å². The highest BCUT2D eigenvalue weighted by atomic mass is 35.5. The Bertz CT molecular complexity index is 1170. The Labute approximate surface area is 194 Å². The third-order valence-corrected chi connectivity index (χ3v) is 8.79. The molecule has 0 spiro atoms. The summed E-state index contributed by atoms with van der Waals surface area (Å²) in [5.74, 6) is 2.61. The first-order chi connectivity index (χ1) is 15.5. The number of nitrogens with one attached hydrogen (secondary N) is 1. The largest absolute Gasteiger partial charge is 0.349 e. The summed E-state index contributed by atoms with van der Waals surface area (Å²) in [7, 11) is 0. The molecule has 4 aliphatic rings. The number of hydrogen-bond acceptors (Lipinski definition) is 2. The maximum atomic E-state index is 13.7. The van der Waals surface area contributed by atoms with Gasteiger partial charge < -0.3 is 5.32 Å². The van der Waals surface area contributed by atoms with Gasteiger partial charge in [0, 0.05) is 22.0 Å². The zero-order chi connectivity index (χ0) is 21.9. The van der Waals surface area contributed by atoms with Gasteiger partial charge in [-0.15, -0.1) is 0 Å². The molecule has 1 amide bonds. The number of aromatic nitrogens is 1. The second-order valence-electron chi connectivity index (χ2n) is 10.5. The Morgan fingerprint density at radius 1 is 1.00 bits per heavy atom. The van der Waals surface area contributed by atoms with Crippen molar-refractivity contribution in [3.63, 3.8) is 0 Å². The molecule has 4 fully saturated rings. The molecule has 4 saturated carbocycles. The molecule has 0 saturated heterocycles. The van der Waals surface area contributed by atoms with Gasteiger partial charge in [-0.2, -0.15) is 0 Å². The van der Waals surface area contributed by atoms with Crippen LogP contribution in [0.2, 0.25) is 5.02 Å². The molecule has 4 aliphatic carbocycles. The molecule has 1 heterocycles. The van der Waals surface area contributed by atoms with E-state index < -0.39 is 0 Å². The molecule has 1 unspecified atom stereocenters. The molecule has 4 heteroatoms. The van der Waals surface area contributed by atoms with Crippen LogP contribution < -0.4 is 5.32 Å². The molecule has 0 radical (unpaired) electrons. The fraction of sp³-hybridized carbons (Fsp3) is 0.429. The first kappa shape index (κ1) is 20.2. The van der Waals surface area contributed by atoms with Gasteiger partial charge in [-0.3, -0.25) is 4.79 Å². The lowest BCUT2D eigenvalue weighted by molar-refractivity contribution is -0.0687. The van der Waals surface area contributed by atoms with Crippen molar-refractivity contribution in [2.75, 3.05) is 0 Å². The molecule has 3 nitrogen and oxygen atoms in total. The number of carbonyl (C=O) groups is 1.